The maximum absolute atomic E-state index is 11.3. The van der Waals surface area contributed by atoms with E-state index in [1.807, 2.05) is 11.9 Å². The molecule has 1 saturated heterocycles. The van der Waals surface area contributed by atoms with E-state index in [0.29, 0.717) is 0 Å². The molecule has 1 aliphatic heterocycles. The van der Waals surface area contributed by atoms with Crippen molar-refractivity contribution in [3.8, 4) is 0 Å². The maximum atomic E-state index is 11.3. The molecule has 0 bridgehead atoms. The number of carbonyl (C=O) groups is 1. The summed E-state index contributed by atoms with van der Waals surface area (Å²) in [6, 6.07) is 0. The summed E-state index contributed by atoms with van der Waals surface area (Å²) in [5, 5.41) is 9.87. The van der Waals surface area contributed by atoms with Crippen LogP contribution in [0.25, 0.3) is 0 Å². The van der Waals surface area contributed by atoms with Gasteiger partial charge in [0.05, 0.1) is 13.2 Å². The van der Waals surface area contributed by atoms with Crippen molar-refractivity contribution in [2.45, 2.75) is 31.5 Å². The van der Waals surface area contributed by atoms with Gasteiger partial charge in [0.25, 0.3) is 0 Å². The number of hydrogen-bond acceptors (Lipinski definition) is 5. The van der Waals surface area contributed by atoms with E-state index in [-0.39, 0.29) is 12.6 Å². The molecular formula is C11H21NO4. The molecule has 0 aromatic carbocycles. The van der Waals surface area contributed by atoms with E-state index in [1.165, 1.54) is 14.0 Å². The van der Waals surface area contributed by atoms with Crippen LogP contribution in [0.3, 0.4) is 0 Å². The number of aliphatic hydroxyl groups is 1. The Hall–Kier alpha value is -0.650. The monoisotopic (exact) mass is 231 g/mol. The first-order valence-corrected chi connectivity index (χ1v) is 5.56. The van der Waals surface area contributed by atoms with E-state index in [2.05, 4.69) is 4.74 Å². The second kappa shape index (κ2) is 5.61. The third kappa shape index (κ3) is 3.73. The molecule has 1 N–H and O–H groups in total. The molecule has 1 fully saturated rings. The number of rotatable bonds is 5. The fourth-order valence-corrected chi connectivity index (χ4v) is 2.01. The summed E-state index contributed by atoms with van der Waals surface area (Å²) in [5.74, 6) is -0.605. The summed E-state index contributed by atoms with van der Waals surface area (Å²) < 4.78 is 10.0. The average Bonchev–Trinajstić information content (AvgIpc) is 2.67. The minimum absolute atomic E-state index is 0.221. The van der Waals surface area contributed by atoms with Gasteiger partial charge in [-0.1, -0.05) is 0 Å². The average molecular weight is 231 g/mol. The first-order chi connectivity index (χ1) is 7.45. The summed E-state index contributed by atoms with van der Waals surface area (Å²) in [5.41, 5.74) is -1.46. The highest BCUT2D eigenvalue weighted by molar-refractivity contribution is 5.78. The van der Waals surface area contributed by atoms with E-state index in [0.717, 1.165) is 26.0 Å². The van der Waals surface area contributed by atoms with Crippen LogP contribution in [0.15, 0.2) is 0 Å². The van der Waals surface area contributed by atoms with Crippen molar-refractivity contribution < 1.29 is 19.4 Å². The normalized spacial score (nSPS) is 24.4. The van der Waals surface area contributed by atoms with Crippen LogP contribution < -0.4 is 0 Å². The second-order valence-corrected chi connectivity index (χ2v) is 4.60. The number of methoxy groups -OCH3 is 1. The van der Waals surface area contributed by atoms with E-state index < -0.39 is 11.6 Å². The second-order valence-electron chi connectivity index (χ2n) is 4.60. The Kier molecular flexibility index (Phi) is 4.70. The molecule has 0 aromatic rings. The van der Waals surface area contributed by atoms with Gasteiger partial charge in [-0.15, -0.1) is 0 Å². The predicted octanol–water partition coefficient (Wildman–Crippen LogP) is 0.0212. The third-order valence-electron chi connectivity index (χ3n) is 2.74. The van der Waals surface area contributed by atoms with Crippen LogP contribution in [0.5, 0.6) is 0 Å². The summed E-state index contributed by atoms with van der Waals surface area (Å²) >= 11 is 0. The number of likely N-dealkylation sites (N-methyl/N-ethyl adjacent to an activating group) is 1. The molecule has 5 nitrogen and oxygen atoms in total. The number of esters is 1. The van der Waals surface area contributed by atoms with Crippen LogP contribution in [-0.2, 0) is 14.3 Å². The molecule has 1 aliphatic rings. The molecule has 0 spiro atoms. The molecule has 2 unspecified atom stereocenters. The highest BCUT2D eigenvalue weighted by Gasteiger charge is 2.33. The Labute approximate surface area is 96.3 Å². The van der Waals surface area contributed by atoms with Gasteiger partial charge in [0.2, 0.25) is 0 Å². The molecule has 0 aromatic heterocycles. The van der Waals surface area contributed by atoms with Crippen molar-refractivity contribution in [2.24, 2.45) is 0 Å². The molecule has 0 aliphatic carbocycles. The minimum atomic E-state index is -1.46. The molecule has 5 heteroatoms. The Bertz CT molecular complexity index is 236. The van der Waals surface area contributed by atoms with Crippen LogP contribution in [-0.4, -0.2) is 61.5 Å². The Morgan fingerprint density at radius 3 is 2.88 bits per heavy atom. The van der Waals surface area contributed by atoms with Gasteiger partial charge in [-0.25, -0.2) is 4.79 Å². The maximum Gasteiger partial charge on any atom is 0.338 e. The first-order valence-electron chi connectivity index (χ1n) is 5.56. The lowest BCUT2D eigenvalue weighted by molar-refractivity contribution is -0.162. The summed E-state index contributed by atoms with van der Waals surface area (Å²) in [7, 11) is 3.13. The van der Waals surface area contributed by atoms with Crippen LogP contribution >= 0.6 is 0 Å². The van der Waals surface area contributed by atoms with Crippen LogP contribution in [0.4, 0.5) is 0 Å². The third-order valence-corrected chi connectivity index (χ3v) is 2.74. The van der Waals surface area contributed by atoms with Crippen molar-refractivity contribution in [1.29, 1.82) is 0 Å². The quantitative estimate of drug-likeness (QED) is 0.676. The zero-order valence-electron chi connectivity index (χ0n) is 10.2. The molecular weight excluding hydrogens is 210 g/mol. The van der Waals surface area contributed by atoms with Crippen molar-refractivity contribution in [3.63, 3.8) is 0 Å². The molecule has 1 heterocycles. The van der Waals surface area contributed by atoms with Crippen molar-refractivity contribution in [3.05, 3.63) is 0 Å². The van der Waals surface area contributed by atoms with Crippen LogP contribution in [0.1, 0.15) is 19.8 Å². The largest absolute Gasteiger partial charge is 0.467 e. The molecule has 0 saturated carbocycles. The van der Waals surface area contributed by atoms with Gasteiger partial charge < -0.3 is 19.5 Å². The molecule has 1 rings (SSSR count). The van der Waals surface area contributed by atoms with Crippen molar-refractivity contribution in [1.82, 2.24) is 4.90 Å². The molecule has 0 amide bonds. The molecule has 94 valence electrons. The summed E-state index contributed by atoms with van der Waals surface area (Å²) in [4.78, 5) is 13.2. The van der Waals surface area contributed by atoms with Gasteiger partial charge in [0.1, 0.15) is 0 Å². The predicted molar refractivity (Wildman–Crippen MR) is 59.1 cm³/mol. The van der Waals surface area contributed by atoms with Gasteiger partial charge in [-0.05, 0) is 26.8 Å². The molecule has 16 heavy (non-hydrogen) atoms. The van der Waals surface area contributed by atoms with Gasteiger partial charge in [-0.3, -0.25) is 0 Å². The SMILES string of the molecule is COC(=O)C(C)(O)CN(C)CC1CCCO1. The van der Waals surface area contributed by atoms with Gasteiger partial charge >= 0.3 is 5.97 Å². The Morgan fingerprint density at radius 2 is 2.38 bits per heavy atom. The van der Waals surface area contributed by atoms with Gasteiger partial charge in [0, 0.05) is 19.7 Å². The minimum Gasteiger partial charge on any atom is -0.467 e. The van der Waals surface area contributed by atoms with Gasteiger partial charge in [-0.2, -0.15) is 0 Å². The van der Waals surface area contributed by atoms with E-state index in [9.17, 15) is 9.90 Å². The Balaban J connectivity index is 2.37. The summed E-state index contributed by atoms with van der Waals surface area (Å²) in [6.07, 6.45) is 2.36. The summed E-state index contributed by atoms with van der Waals surface area (Å²) in [6.45, 7) is 3.25. The van der Waals surface area contributed by atoms with E-state index in [4.69, 9.17) is 4.74 Å². The first kappa shape index (κ1) is 13.4. The highest BCUT2D eigenvalue weighted by Crippen LogP contribution is 2.14. The number of ether oxygens (including phenoxy) is 2. The lowest BCUT2D eigenvalue weighted by Crippen LogP contribution is -2.47. The zero-order valence-corrected chi connectivity index (χ0v) is 10.2. The number of hydrogen-bond donors (Lipinski definition) is 1. The van der Waals surface area contributed by atoms with Crippen LogP contribution in [0.2, 0.25) is 0 Å². The fraction of sp³-hybridized carbons (Fsp3) is 0.909. The number of nitrogens with zero attached hydrogens (tertiary/aromatic N) is 1. The van der Waals surface area contributed by atoms with Crippen molar-refractivity contribution >= 4 is 5.97 Å². The zero-order chi connectivity index (χ0) is 12.2. The van der Waals surface area contributed by atoms with Gasteiger partial charge in [0.15, 0.2) is 5.60 Å². The smallest absolute Gasteiger partial charge is 0.338 e. The van der Waals surface area contributed by atoms with Crippen molar-refractivity contribution in [2.75, 3.05) is 33.9 Å². The highest BCUT2D eigenvalue weighted by atomic mass is 16.5. The lowest BCUT2D eigenvalue weighted by atomic mass is 10.1. The van der Waals surface area contributed by atoms with E-state index in [1.54, 1.807) is 0 Å². The topological polar surface area (TPSA) is 59.0 Å². The fourth-order valence-electron chi connectivity index (χ4n) is 2.01. The standard InChI is InChI=1S/C11H21NO4/c1-11(14,10(13)15-3)8-12(2)7-9-5-4-6-16-9/h9,14H,4-8H2,1-3H3. The number of carbonyl (C=O) groups excluding carboxylic acids is 1. The molecule has 2 atom stereocenters. The lowest BCUT2D eigenvalue weighted by Gasteiger charge is -2.28. The molecule has 0 radical (unpaired) electrons. The van der Waals surface area contributed by atoms with E-state index >= 15 is 0 Å². The van der Waals surface area contributed by atoms with Crippen LogP contribution in [0, 0.1) is 0 Å². The Morgan fingerprint density at radius 1 is 1.69 bits per heavy atom.